The highest BCUT2D eigenvalue weighted by atomic mass is 32.2. The van der Waals surface area contributed by atoms with Crippen LogP contribution in [0.1, 0.15) is 12.8 Å². The number of ether oxygens (including phenoxy) is 2. The summed E-state index contributed by atoms with van der Waals surface area (Å²) in [5, 5.41) is 0. The topological polar surface area (TPSA) is 79.4 Å². The molecule has 2 fully saturated rings. The zero-order chi connectivity index (χ0) is 23.4. The summed E-state index contributed by atoms with van der Waals surface area (Å²) in [5.74, 6) is 1.46. The predicted octanol–water partition coefficient (Wildman–Crippen LogP) is 2.45. The lowest BCUT2D eigenvalue weighted by Gasteiger charge is -2.39. The van der Waals surface area contributed by atoms with Crippen molar-refractivity contribution in [3.63, 3.8) is 0 Å². The molecule has 0 aliphatic carbocycles. The second kappa shape index (κ2) is 10.0. The highest BCUT2D eigenvalue weighted by Gasteiger charge is 2.34. The van der Waals surface area contributed by atoms with Crippen molar-refractivity contribution in [1.82, 2.24) is 9.21 Å². The van der Waals surface area contributed by atoms with Crippen molar-refractivity contribution in [2.45, 2.75) is 17.7 Å². The van der Waals surface area contributed by atoms with E-state index < -0.39 is 10.0 Å². The molecule has 0 bridgehead atoms. The van der Waals surface area contributed by atoms with Gasteiger partial charge in [-0.05, 0) is 61.4 Å². The van der Waals surface area contributed by atoms with E-state index in [1.165, 1.54) is 4.31 Å². The number of rotatable bonds is 6. The first-order valence-corrected chi connectivity index (χ1v) is 12.7. The van der Waals surface area contributed by atoms with E-state index in [4.69, 9.17) is 9.47 Å². The van der Waals surface area contributed by atoms with Gasteiger partial charge in [0.15, 0.2) is 0 Å². The molecule has 0 spiro atoms. The Hall–Kier alpha value is -2.78. The maximum Gasteiger partial charge on any atom is 0.243 e. The third kappa shape index (κ3) is 5.09. The number of methoxy groups -OCH3 is 2. The van der Waals surface area contributed by atoms with Crippen molar-refractivity contribution in [2.24, 2.45) is 5.92 Å². The summed E-state index contributed by atoms with van der Waals surface area (Å²) in [6.45, 7) is 3.63. The molecule has 2 aromatic rings. The maximum absolute atomic E-state index is 13.1. The summed E-state index contributed by atoms with van der Waals surface area (Å²) in [4.78, 5) is 17.5. The Morgan fingerprint density at radius 1 is 0.788 bits per heavy atom. The number of anilines is 1. The average Bonchev–Trinajstić information content (AvgIpc) is 2.88. The smallest absolute Gasteiger partial charge is 0.243 e. The number of piperazine rings is 1. The molecule has 2 heterocycles. The molecule has 0 atom stereocenters. The lowest BCUT2D eigenvalue weighted by molar-refractivity contribution is -0.137. The van der Waals surface area contributed by atoms with Crippen molar-refractivity contribution in [3.05, 3.63) is 48.5 Å². The number of amides is 1. The molecular formula is C24H31N3O5S. The largest absolute Gasteiger partial charge is 0.497 e. The molecule has 9 heteroatoms. The summed E-state index contributed by atoms with van der Waals surface area (Å²) in [7, 11) is -0.370. The molecule has 2 aromatic carbocycles. The summed E-state index contributed by atoms with van der Waals surface area (Å²) in [5.41, 5.74) is 1.12. The highest BCUT2D eigenvalue weighted by molar-refractivity contribution is 7.89. The van der Waals surface area contributed by atoms with Crippen LogP contribution < -0.4 is 14.4 Å². The fourth-order valence-electron chi connectivity index (χ4n) is 4.48. The Labute approximate surface area is 195 Å². The van der Waals surface area contributed by atoms with E-state index >= 15 is 0 Å². The van der Waals surface area contributed by atoms with Gasteiger partial charge in [-0.15, -0.1) is 0 Å². The number of sulfonamides is 1. The zero-order valence-corrected chi connectivity index (χ0v) is 20.0. The SMILES string of the molecule is COc1ccc(N2CCN(C(=O)C3CCN(S(=O)(=O)c4ccc(OC)cc4)CC3)CC2)cc1. The van der Waals surface area contributed by atoms with Crippen LogP contribution in [0.5, 0.6) is 11.5 Å². The quantitative estimate of drug-likeness (QED) is 0.641. The first-order valence-electron chi connectivity index (χ1n) is 11.2. The van der Waals surface area contributed by atoms with Gasteiger partial charge in [0.2, 0.25) is 15.9 Å². The maximum atomic E-state index is 13.1. The average molecular weight is 474 g/mol. The van der Waals surface area contributed by atoms with E-state index in [1.807, 2.05) is 29.2 Å². The summed E-state index contributed by atoms with van der Waals surface area (Å²) in [6, 6.07) is 14.4. The van der Waals surface area contributed by atoms with Gasteiger partial charge in [-0.25, -0.2) is 8.42 Å². The monoisotopic (exact) mass is 473 g/mol. The number of carbonyl (C=O) groups excluding carboxylic acids is 1. The second-order valence-corrected chi connectivity index (χ2v) is 10.3. The molecular weight excluding hydrogens is 442 g/mol. The minimum Gasteiger partial charge on any atom is -0.497 e. The number of carbonyl (C=O) groups is 1. The number of nitrogens with zero attached hydrogens (tertiary/aromatic N) is 3. The number of hydrogen-bond acceptors (Lipinski definition) is 6. The van der Waals surface area contributed by atoms with Crippen molar-refractivity contribution < 1.29 is 22.7 Å². The van der Waals surface area contributed by atoms with Crippen molar-refractivity contribution in [2.75, 3.05) is 58.4 Å². The van der Waals surface area contributed by atoms with Crippen LogP contribution in [0.3, 0.4) is 0 Å². The first kappa shape index (κ1) is 23.4. The van der Waals surface area contributed by atoms with E-state index in [1.54, 1.807) is 38.5 Å². The lowest BCUT2D eigenvalue weighted by Crippen LogP contribution is -2.52. The van der Waals surface area contributed by atoms with E-state index in [0.29, 0.717) is 44.8 Å². The van der Waals surface area contributed by atoms with Crippen LogP contribution >= 0.6 is 0 Å². The van der Waals surface area contributed by atoms with Gasteiger partial charge in [0, 0.05) is 50.9 Å². The molecule has 0 saturated carbocycles. The summed E-state index contributed by atoms with van der Waals surface area (Å²) in [6.07, 6.45) is 1.10. The van der Waals surface area contributed by atoms with Gasteiger partial charge in [-0.2, -0.15) is 4.31 Å². The molecule has 33 heavy (non-hydrogen) atoms. The molecule has 2 saturated heterocycles. The van der Waals surface area contributed by atoms with E-state index in [2.05, 4.69) is 4.90 Å². The molecule has 4 rings (SSSR count). The van der Waals surface area contributed by atoms with Crippen molar-refractivity contribution in [1.29, 1.82) is 0 Å². The summed E-state index contributed by atoms with van der Waals surface area (Å²) < 4.78 is 37.7. The Morgan fingerprint density at radius 2 is 1.30 bits per heavy atom. The van der Waals surface area contributed by atoms with Gasteiger partial charge in [0.25, 0.3) is 0 Å². The van der Waals surface area contributed by atoms with Crippen LogP contribution in [0.4, 0.5) is 5.69 Å². The number of hydrogen-bond donors (Lipinski definition) is 0. The molecule has 0 aromatic heterocycles. The van der Waals surface area contributed by atoms with Crippen LogP contribution in [0, 0.1) is 5.92 Å². The molecule has 2 aliphatic rings. The van der Waals surface area contributed by atoms with E-state index in [-0.39, 0.29) is 16.7 Å². The number of piperidine rings is 1. The molecule has 2 aliphatic heterocycles. The molecule has 0 unspecified atom stereocenters. The van der Waals surface area contributed by atoms with Crippen molar-refractivity contribution in [3.8, 4) is 11.5 Å². The Balaban J connectivity index is 1.29. The van der Waals surface area contributed by atoms with Crippen LogP contribution in [0.25, 0.3) is 0 Å². The highest BCUT2D eigenvalue weighted by Crippen LogP contribution is 2.27. The summed E-state index contributed by atoms with van der Waals surface area (Å²) >= 11 is 0. The van der Waals surface area contributed by atoms with Gasteiger partial charge in [0.05, 0.1) is 19.1 Å². The first-order chi connectivity index (χ1) is 15.9. The van der Waals surface area contributed by atoms with Gasteiger partial charge >= 0.3 is 0 Å². The fraction of sp³-hybridized carbons (Fsp3) is 0.458. The Bertz CT molecular complexity index is 1040. The minimum absolute atomic E-state index is 0.125. The Kier molecular flexibility index (Phi) is 7.09. The number of benzene rings is 2. The zero-order valence-electron chi connectivity index (χ0n) is 19.1. The molecule has 1 amide bonds. The molecule has 178 valence electrons. The van der Waals surface area contributed by atoms with Crippen LogP contribution in [-0.2, 0) is 14.8 Å². The van der Waals surface area contributed by atoms with Crippen LogP contribution in [0.2, 0.25) is 0 Å². The van der Waals surface area contributed by atoms with Crippen molar-refractivity contribution >= 4 is 21.6 Å². The second-order valence-electron chi connectivity index (χ2n) is 8.36. The molecule has 8 nitrogen and oxygen atoms in total. The van der Waals surface area contributed by atoms with Gasteiger partial charge in [0.1, 0.15) is 11.5 Å². The van der Waals surface area contributed by atoms with E-state index in [0.717, 1.165) is 24.5 Å². The fourth-order valence-corrected chi connectivity index (χ4v) is 5.95. The third-order valence-electron chi connectivity index (χ3n) is 6.53. The van der Waals surface area contributed by atoms with Gasteiger partial charge in [-0.3, -0.25) is 4.79 Å². The van der Waals surface area contributed by atoms with Gasteiger partial charge < -0.3 is 19.3 Å². The lowest BCUT2D eigenvalue weighted by atomic mass is 9.96. The predicted molar refractivity (Wildman–Crippen MR) is 126 cm³/mol. The standard InChI is InChI=1S/C24H31N3O5S/c1-31-21-5-3-20(4-6-21)25-15-17-26(18-16-25)24(28)19-11-13-27(14-12-19)33(29,30)23-9-7-22(32-2)8-10-23/h3-10,19H,11-18H2,1-2H3. The Morgan fingerprint density at radius 3 is 1.82 bits per heavy atom. The third-order valence-corrected chi connectivity index (χ3v) is 8.44. The van der Waals surface area contributed by atoms with Crippen LogP contribution in [0.15, 0.2) is 53.4 Å². The van der Waals surface area contributed by atoms with Gasteiger partial charge in [-0.1, -0.05) is 0 Å². The molecule has 0 radical (unpaired) electrons. The van der Waals surface area contributed by atoms with E-state index in [9.17, 15) is 13.2 Å². The van der Waals surface area contributed by atoms with Crippen LogP contribution in [-0.4, -0.2) is 77.0 Å². The minimum atomic E-state index is -3.57. The normalized spacial score (nSPS) is 18.2. The molecule has 0 N–H and O–H groups in total.